The predicted octanol–water partition coefficient (Wildman–Crippen LogP) is 1.49. The molecule has 0 saturated carbocycles. The smallest absolute Gasteiger partial charge is 0.0399 e. The highest BCUT2D eigenvalue weighted by Gasteiger charge is 1.99. The Morgan fingerprint density at radius 3 is 2.20 bits per heavy atom. The maximum absolute atomic E-state index is 2.41. The van der Waals surface area contributed by atoms with Crippen molar-refractivity contribution >= 4 is 83.2 Å². The molecule has 0 amide bonds. The van der Waals surface area contributed by atoms with Gasteiger partial charge in [0.25, 0.3) is 0 Å². The highest BCUT2D eigenvalue weighted by molar-refractivity contribution is 14.1. The van der Waals surface area contributed by atoms with E-state index in [0.29, 0.717) is 0 Å². The van der Waals surface area contributed by atoms with E-state index in [1.807, 2.05) is 0 Å². The fourth-order valence-electron chi connectivity index (χ4n) is 0.685. The number of halogens is 3. The van der Waals surface area contributed by atoms with Crippen LogP contribution in [-0.2, 0) is 0 Å². The molecule has 0 aliphatic rings. The molecule has 1 aromatic carbocycles. The van der Waals surface area contributed by atoms with Crippen LogP contribution < -0.4 is 5.19 Å². The summed E-state index contributed by atoms with van der Waals surface area (Å²) in [4.78, 5) is 0. The minimum Gasteiger partial charge on any atom is -0.0556 e. The van der Waals surface area contributed by atoms with Crippen molar-refractivity contribution in [2.45, 2.75) is 0 Å². The number of benzene rings is 1. The van der Waals surface area contributed by atoms with Gasteiger partial charge in [-0.05, 0) is 79.9 Å². The first kappa shape index (κ1) is 9.71. The van der Waals surface area contributed by atoms with E-state index in [0.717, 1.165) is 10.2 Å². The van der Waals surface area contributed by atoms with Gasteiger partial charge in [0, 0.05) is 21.0 Å². The Morgan fingerprint density at radius 1 is 1.10 bits per heavy atom. The van der Waals surface area contributed by atoms with Gasteiger partial charge in [-0.2, -0.15) is 0 Å². The van der Waals surface area contributed by atoms with Gasteiger partial charge in [-0.25, -0.2) is 0 Å². The lowest BCUT2D eigenvalue weighted by Crippen LogP contribution is -2.09. The molecule has 54 valence electrons. The average Bonchev–Trinajstić information content (AvgIpc) is 1.82. The van der Waals surface area contributed by atoms with Crippen molar-refractivity contribution in [2.75, 3.05) is 0 Å². The Kier molecular flexibility index (Phi) is 3.92. The van der Waals surface area contributed by atoms with E-state index in [-0.39, 0.29) is 0 Å². The maximum atomic E-state index is 2.41. The van der Waals surface area contributed by atoms with Crippen molar-refractivity contribution in [2.24, 2.45) is 0 Å². The molecule has 0 aromatic heterocycles. The highest BCUT2D eigenvalue weighted by atomic mass is 127. The van der Waals surface area contributed by atoms with Crippen molar-refractivity contribution < 1.29 is 0 Å². The molecule has 10 heavy (non-hydrogen) atoms. The Hall–Kier alpha value is 1.63. The zero-order valence-electron chi connectivity index (χ0n) is 5.29. The van der Waals surface area contributed by atoms with E-state index < -0.39 is 0 Å². The molecule has 0 bridgehead atoms. The second-order valence-corrected chi connectivity index (χ2v) is 6.58. The average molecular weight is 486 g/mol. The molecule has 0 aliphatic carbocycles. The third kappa shape index (κ3) is 2.31. The van der Waals surface area contributed by atoms with Crippen LogP contribution in [0.3, 0.4) is 0 Å². The van der Waals surface area contributed by atoms with Gasteiger partial charge in [0.2, 0.25) is 0 Å². The molecule has 0 radical (unpaired) electrons. The fourth-order valence-corrected chi connectivity index (χ4v) is 4.81. The summed E-state index contributed by atoms with van der Waals surface area (Å²) < 4.78 is 4.17. The van der Waals surface area contributed by atoms with Crippen molar-refractivity contribution in [1.82, 2.24) is 0 Å². The standard InChI is InChI=1S/C6H5I3Si/c7-3-1-4(8)6(9)5(10)2-3/h1-2H,10H3. The largest absolute Gasteiger partial charge is 0.0556 e. The number of hydrogen-bond acceptors (Lipinski definition) is 0. The summed E-state index contributed by atoms with van der Waals surface area (Å²) in [6.45, 7) is 0. The molecular formula is C6H5I3Si. The van der Waals surface area contributed by atoms with Crippen LogP contribution in [0.4, 0.5) is 0 Å². The zero-order chi connectivity index (χ0) is 7.72. The summed E-state index contributed by atoms with van der Waals surface area (Å²) >= 11 is 7.16. The van der Waals surface area contributed by atoms with E-state index in [4.69, 9.17) is 0 Å². The molecule has 0 N–H and O–H groups in total. The van der Waals surface area contributed by atoms with Gasteiger partial charge in [-0.15, -0.1) is 0 Å². The summed E-state index contributed by atoms with van der Waals surface area (Å²) in [5, 5.41) is 1.51. The minimum atomic E-state index is 1.16. The third-order valence-electron chi connectivity index (χ3n) is 1.17. The molecule has 0 spiro atoms. The third-order valence-corrected chi connectivity index (χ3v) is 6.92. The van der Waals surface area contributed by atoms with Crippen molar-refractivity contribution in [3.63, 3.8) is 0 Å². The normalized spacial score (nSPS) is 10.3. The molecule has 0 unspecified atom stereocenters. The predicted molar refractivity (Wildman–Crippen MR) is 74.2 cm³/mol. The lowest BCUT2D eigenvalue weighted by Gasteiger charge is -2.01. The van der Waals surface area contributed by atoms with Gasteiger partial charge in [-0.3, -0.25) is 0 Å². The van der Waals surface area contributed by atoms with E-state index in [9.17, 15) is 0 Å². The van der Waals surface area contributed by atoms with Gasteiger partial charge < -0.3 is 0 Å². The first-order valence-electron chi connectivity index (χ1n) is 2.72. The Morgan fingerprint density at radius 2 is 1.70 bits per heavy atom. The van der Waals surface area contributed by atoms with E-state index >= 15 is 0 Å². The zero-order valence-corrected chi connectivity index (χ0v) is 13.8. The molecule has 4 heteroatoms. The molecular weight excluding hydrogens is 481 g/mol. The van der Waals surface area contributed by atoms with Crippen LogP contribution in [-0.4, -0.2) is 10.2 Å². The monoisotopic (exact) mass is 486 g/mol. The molecule has 0 fully saturated rings. The second-order valence-electron chi connectivity index (χ2n) is 2.02. The first-order valence-corrected chi connectivity index (χ1v) is 6.96. The maximum Gasteiger partial charge on any atom is 0.0399 e. The Labute approximate surface area is 104 Å². The lowest BCUT2D eigenvalue weighted by atomic mass is 10.4. The summed E-state index contributed by atoms with van der Waals surface area (Å²) in [5.41, 5.74) is 0. The second kappa shape index (κ2) is 4.03. The van der Waals surface area contributed by atoms with E-state index in [1.54, 1.807) is 0 Å². The molecule has 0 nitrogen and oxygen atoms in total. The van der Waals surface area contributed by atoms with Crippen LogP contribution in [0.5, 0.6) is 0 Å². The molecule has 0 atom stereocenters. The summed E-state index contributed by atoms with van der Waals surface area (Å²) in [6, 6.07) is 4.47. The number of rotatable bonds is 0. The molecule has 1 rings (SSSR count). The summed E-state index contributed by atoms with van der Waals surface area (Å²) in [6.07, 6.45) is 0. The van der Waals surface area contributed by atoms with Crippen LogP contribution >= 0.6 is 67.8 Å². The van der Waals surface area contributed by atoms with Gasteiger partial charge in [0.15, 0.2) is 0 Å². The quantitative estimate of drug-likeness (QED) is 0.297. The molecule has 0 aliphatic heterocycles. The molecule has 0 heterocycles. The Bertz CT molecular complexity index is 236. The van der Waals surface area contributed by atoms with Gasteiger partial charge >= 0.3 is 0 Å². The van der Waals surface area contributed by atoms with Gasteiger partial charge in [0.1, 0.15) is 0 Å². The van der Waals surface area contributed by atoms with Crippen LogP contribution in [0.15, 0.2) is 12.1 Å². The topological polar surface area (TPSA) is 0 Å². The van der Waals surface area contributed by atoms with Crippen LogP contribution in [0.25, 0.3) is 0 Å². The SMILES string of the molecule is [SiH3]c1cc(I)cc(I)c1I. The molecule has 0 saturated heterocycles. The lowest BCUT2D eigenvalue weighted by molar-refractivity contribution is 1.59. The van der Waals surface area contributed by atoms with Crippen molar-refractivity contribution in [1.29, 1.82) is 0 Å². The van der Waals surface area contributed by atoms with E-state index in [2.05, 4.69) is 79.9 Å². The fraction of sp³-hybridized carbons (Fsp3) is 0. The summed E-state index contributed by atoms with van der Waals surface area (Å²) in [7, 11) is 1.16. The van der Waals surface area contributed by atoms with Crippen molar-refractivity contribution in [3.05, 3.63) is 22.8 Å². The minimum absolute atomic E-state index is 1.16. The van der Waals surface area contributed by atoms with Crippen LogP contribution in [0, 0.1) is 10.7 Å². The van der Waals surface area contributed by atoms with Gasteiger partial charge in [-0.1, -0.05) is 5.19 Å². The van der Waals surface area contributed by atoms with Crippen molar-refractivity contribution in [3.8, 4) is 0 Å². The highest BCUT2D eigenvalue weighted by Crippen LogP contribution is 2.15. The Balaban J connectivity index is 3.31. The van der Waals surface area contributed by atoms with Crippen LogP contribution in [0.2, 0.25) is 0 Å². The van der Waals surface area contributed by atoms with Crippen LogP contribution in [0.1, 0.15) is 0 Å². The summed E-state index contributed by atoms with van der Waals surface area (Å²) in [5.74, 6) is 0. The molecule has 1 aromatic rings. The number of hydrogen-bond donors (Lipinski definition) is 0. The first-order chi connectivity index (χ1) is 4.61. The van der Waals surface area contributed by atoms with E-state index in [1.165, 1.54) is 15.9 Å². The van der Waals surface area contributed by atoms with Gasteiger partial charge in [0.05, 0.1) is 0 Å².